The molecule has 0 amide bonds. The number of ether oxygens (including phenoxy) is 2. The summed E-state index contributed by atoms with van der Waals surface area (Å²) in [5, 5.41) is 3.10. The quantitative estimate of drug-likeness (QED) is 0.811. The van der Waals surface area contributed by atoms with Crippen LogP contribution in [0.3, 0.4) is 0 Å². The molecule has 1 aromatic carbocycles. The Balaban J connectivity index is 2.03. The van der Waals surface area contributed by atoms with E-state index in [1.165, 1.54) is 22.3 Å². The van der Waals surface area contributed by atoms with Crippen LogP contribution in [-0.2, 0) is 10.0 Å². The Morgan fingerprint density at radius 2 is 2.17 bits per heavy atom. The van der Waals surface area contributed by atoms with Crippen LogP contribution in [0.1, 0.15) is 10.9 Å². The first kappa shape index (κ1) is 16.2. The minimum Gasteiger partial charge on any atom is -0.497 e. The Hall–Kier alpha value is -1.71. The van der Waals surface area contributed by atoms with Crippen LogP contribution in [0, 0.1) is 0 Å². The lowest BCUT2D eigenvalue weighted by molar-refractivity contribution is 0.382. The summed E-state index contributed by atoms with van der Waals surface area (Å²) in [4.78, 5) is 0.0480. The number of nitrogens with zero attached hydrogens (tertiary/aromatic N) is 2. The molecule has 2 heterocycles. The van der Waals surface area contributed by atoms with Crippen molar-refractivity contribution in [2.75, 3.05) is 26.5 Å². The molecule has 9 heteroatoms. The summed E-state index contributed by atoms with van der Waals surface area (Å²) in [6.07, 6.45) is 2.34. The molecule has 1 aromatic heterocycles. The van der Waals surface area contributed by atoms with Gasteiger partial charge in [0.15, 0.2) is 0 Å². The molecule has 1 fully saturated rings. The Bertz CT molecular complexity index is 776. The van der Waals surface area contributed by atoms with Crippen molar-refractivity contribution in [2.45, 2.75) is 10.3 Å². The molecule has 1 unspecified atom stereocenters. The minimum absolute atomic E-state index is 0.0480. The van der Waals surface area contributed by atoms with Crippen LogP contribution in [0.25, 0.3) is 0 Å². The topological polar surface area (TPSA) is 81.9 Å². The van der Waals surface area contributed by atoms with Crippen molar-refractivity contribution in [3.63, 3.8) is 0 Å². The van der Waals surface area contributed by atoms with Gasteiger partial charge in [-0.1, -0.05) is 5.16 Å². The zero-order chi connectivity index (χ0) is 16.4. The van der Waals surface area contributed by atoms with E-state index in [1.807, 2.05) is 0 Å². The fraction of sp³-hybridized carbons (Fsp3) is 0.357. The van der Waals surface area contributed by atoms with Gasteiger partial charge in [-0.25, -0.2) is 8.42 Å². The van der Waals surface area contributed by atoms with E-state index < -0.39 is 10.0 Å². The largest absolute Gasteiger partial charge is 0.497 e. The predicted molar refractivity (Wildman–Crippen MR) is 85.1 cm³/mol. The first-order valence-electron chi connectivity index (χ1n) is 6.82. The van der Waals surface area contributed by atoms with E-state index in [0.29, 0.717) is 23.8 Å². The van der Waals surface area contributed by atoms with Crippen molar-refractivity contribution in [3.8, 4) is 11.5 Å². The summed E-state index contributed by atoms with van der Waals surface area (Å²) in [5.74, 6) is 1.96. The number of hydrogen-bond donors (Lipinski definition) is 0. The highest BCUT2D eigenvalue weighted by molar-refractivity contribution is 8.01. The van der Waals surface area contributed by atoms with Crippen molar-refractivity contribution >= 4 is 21.8 Å². The summed E-state index contributed by atoms with van der Waals surface area (Å²) in [6, 6.07) is 5.36. The lowest BCUT2D eigenvalue weighted by atomic mass is 10.2. The smallest absolute Gasteiger partial charge is 0.249 e. The first-order chi connectivity index (χ1) is 11.1. The molecule has 0 N–H and O–H groups in total. The van der Waals surface area contributed by atoms with Crippen molar-refractivity contribution < 1.29 is 22.4 Å². The predicted octanol–water partition coefficient (Wildman–Crippen LogP) is 2.13. The van der Waals surface area contributed by atoms with E-state index in [2.05, 4.69) is 9.68 Å². The summed E-state index contributed by atoms with van der Waals surface area (Å²) < 4.78 is 42.3. The SMILES string of the molecule is COc1ccc(OC)c(C2SCCN2S(=O)(=O)c2cnoc2)c1. The van der Waals surface area contributed by atoms with Crippen LogP contribution in [0.4, 0.5) is 0 Å². The Morgan fingerprint density at radius 3 is 2.83 bits per heavy atom. The van der Waals surface area contributed by atoms with Crippen molar-refractivity contribution in [3.05, 3.63) is 36.2 Å². The van der Waals surface area contributed by atoms with E-state index in [9.17, 15) is 8.42 Å². The Morgan fingerprint density at radius 1 is 1.35 bits per heavy atom. The molecule has 0 aliphatic carbocycles. The lowest BCUT2D eigenvalue weighted by Gasteiger charge is -2.24. The van der Waals surface area contributed by atoms with Crippen LogP contribution in [0.15, 0.2) is 40.1 Å². The fourth-order valence-corrected chi connectivity index (χ4v) is 5.54. The van der Waals surface area contributed by atoms with Crippen LogP contribution >= 0.6 is 11.8 Å². The van der Waals surface area contributed by atoms with E-state index >= 15 is 0 Å². The molecule has 1 saturated heterocycles. The Kier molecular flexibility index (Phi) is 4.51. The second-order valence-electron chi connectivity index (χ2n) is 4.81. The van der Waals surface area contributed by atoms with Crippen LogP contribution in [0.5, 0.6) is 11.5 Å². The third kappa shape index (κ3) is 2.91. The van der Waals surface area contributed by atoms with Crippen molar-refractivity contribution in [2.24, 2.45) is 0 Å². The fourth-order valence-electron chi connectivity index (χ4n) is 2.44. The molecule has 0 saturated carbocycles. The van der Waals surface area contributed by atoms with Gasteiger partial charge in [0.1, 0.15) is 22.7 Å². The third-order valence-corrected chi connectivity index (χ3v) is 6.75. The van der Waals surface area contributed by atoms with Crippen LogP contribution in [-0.4, -0.2) is 44.4 Å². The standard InChI is InChI=1S/C14H16N2O5S2/c1-19-10-3-4-13(20-2)12(7-10)14-16(5-6-22-14)23(17,18)11-8-15-21-9-11/h3-4,7-9,14H,5-6H2,1-2H3. The summed E-state index contributed by atoms with van der Waals surface area (Å²) >= 11 is 1.54. The van der Waals surface area contributed by atoms with Crippen molar-refractivity contribution in [1.82, 2.24) is 9.46 Å². The highest BCUT2D eigenvalue weighted by Gasteiger charge is 2.39. The molecule has 124 valence electrons. The molecule has 7 nitrogen and oxygen atoms in total. The number of hydrogen-bond acceptors (Lipinski definition) is 7. The van der Waals surface area contributed by atoms with Gasteiger partial charge in [0, 0.05) is 17.9 Å². The summed E-state index contributed by atoms with van der Waals surface area (Å²) in [5.41, 5.74) is 0.759. The van der Waals surface area contributed by atoms with E-state index in [0.717, 1.165) is 11.8 Å². The van der Waals surface area contributed by atoms with Gasteiger partial charge in [-0.2, -0.15) is 4.31 Å². The molecule has 0 radical (unpaired) electrons. The maximum Gasteiger partial charge on any atom is 0.249 e. The Labute approximate surface area is 138 Å². The lowest BCUT2D eigenvalue weighted by Crippen LogP contribution is -2.30. The maximum absolute atomic E-state index is 12.8. The molecule has 1 atom stereocenters. The van der Waals surface area contributed by atoms with Crippen LogP contribution < -0.4 is 9.47 Å². The van der Waals surface area contributed by atoms with Gasteiger partial charge in [-0.3, -0.25) is 0 Å². The summed E-state index contributed by atoms with van der Waals surface area (Å²) in [6.45, 7) is 0.406. The highest BCUT2D eigenvalue weighted by Crippen LogP contribution is 2.45. The van der Waals surface area contributed by atoms with Gasteiger partial charge < -0.3 is 14.0 Å². The molecule has 0 bridgehead atoms. The zero-order valence-electron chi connectivity index (χ0n) is 12.6. The monoisotopic (exact) mass is 356 g/mol. The number of benzene rings is 1. The zero-order valence-corrected chi connectivity index (χ0v) is 14.3. The van der Waals surface area contributed by atoms with E-state index in [4.69, 9.17) is 9.47 Å². The second-order valence-corrected chi connectivity index (χ2v) is 7.89. The van der Waals surface area contributed by atoms with Gasteiger partial charge in [0.2, 0.25) is 10.0 Å². The molecule has 2 aromatic rings. The van der Waals surface area contributed by atoms with Crippen molar-refractivity contribution in [1.29, 1.82) is 0 Å². The van der Waals surface area contributed by atoms with Gasteiger partial charge in [-0.05, 0) is 18.2 Å². The highest BCUT2D eigenvalue weighted by atomic mass is 32.2. The van der Waals surface area contributed by atoms with Gasteiger partial charge in [0.05, 0.1) is 25.8 Å². The first-order valence-corrected chi connectivity index (χ1v) is 9.31. The van der Waals surface area contributed by atoms with Crippen LogP contribution in [0.2, 0.25) is 0 Å². The van der Waals surface area contributed by atoms with E-state index in [1.54, 1.807) is 32.4 Å². The van der Waals surface area contributed by atoms with Gasteiger partial charge >= 0.3 is 0 Å². The molecular weight excluding hydrogens is 340 g/mol. The minimum atomic E-state index is -3.68. The normalized spacial score (nSPS) is 19.0. The molecule has 1 aliphatic heterocycles. The molecule has 3 rings (SSSR count). The average Bonchev–Trinajstić information content (AvgIpc) is 3.25. The third-order valence-electron chi connectivity index (χ3n) is 3.57. The number of methoxy groups -OCH3 is 2. The number of rotatable bonds is 5. The number of thioether (sulfide) groups is 1. The molecule has 23 heavy (non-hydrogen) atoms. The molecule has 0 spiro atoms. The van der Waals surface area contributed by atoms with Gasteiger partial charge in [-0.15, -0.1) is 11.8 Å². The van der Waals surface area contributed by atoms with Gasteiger partial charge in [0.25, 0.3) is 0 Å². The number of aromatic nitrogens is 1. The molecule has 1 aliphatic rings. The number of sulfonamides is 1. The summed E-state index contributed by atoms with van der Waals surface area (Å²) in [7, 11) is -0.550. The second kappa shape index (κ2) is 6.42. The molecular formula is C14H16N2O5S2. The van der Waals surface area contributed by atoms with E-state index in [-0.39, 0.29) is 10.3 Å². The average molecular weight is 356 g/mol. The maximum atomic E-state index is 12.8.